The maximum absolute atomic E-state index is 13.2. The number of halogens is 2. The highest BCUT2D eigenvalue weighted by Gasteiger charge is 2.19. The van der Waals surface area contributed by atoms with Crippen molar-refractivity contribution < 1.29 is 13.9 Å². The van der Waals surface area contributed by atoms with Crippen molar-refractivity contribution in [3.8, 4) is 5.75 Å². The number of nitrogens with one attached hydrogen (secondary N) is 1. The average molecular weight is 471 g/mol. The van der Waals surface area contributed by atoms with Crippen molar-refractivity contribution in [3.63, 3.8) is 0 Å². The van der Waals surface area contributed by atoms with Crippen LogP contribution < -0.4 is 10.1 Å². The molecular formula is C23H20ClFN4O2S. The predicted octanol–water partition coefficient (Wildman–Crippen LogP) is 5.63. The van der Waals surface area contributed by atoms with Gasteiger partial charge in [-0.2, -0.15) is 0 Å². The summed E-state index contributed by atoms with van der Waals surface area (Å²) in [6.45, 7) is 1.80. The van der Waals surface area contributed by atoms with E-state index in [1.807, 2.05) is 42.5 Å². The highest BCUT2D eigenvalue weighted by atomic mass is 35.5. The van der Waals surface area contributed by atoms with Gasteiger partial charge in [0.2, 0.25) is 5.91 Å². The summed E-state index contributed by atoms with van der Waals surface area (Å²) in [4.78, 5) is 12.5. The lowest BCUT2D eigenvalue weighted by Crippen LogP contribution is -2.15. The van der Waals surface area contributed by atoms with E-state index in [9.17, 15) is 9.18 Å². The van der Waals surface area contributed by atoms with Crippen molar-refractivity contribution in [2.45, 2.75) is 18.2 Å². The van der Waals surface area contributed by atoms with Crippen molar-refractivity contribution >= 4 is 45.7 Å². The number of aromatic nitrogens is 3. The number of fused-ring (bicyclic) bond motifs is 1. The Morgan fingerprint density at radius 1 is 1.19 bits per heavy atom. The lowest BCUT2D eigenvalue weighted by Gasteiger charge is -2.15. The summed E-state index contributed by atoms with van der Waals surface area (Å²) in [5.74, 6) is 0.510. The standard InChI is InChI=1S/C23H20ClFN4O2S/c1-14(31-20-11-10-16(25)12-18(20)24)22-27-28-23(29(22)2)32-13-21(30)26-19-9-5-7-15-6-3-4-8-17(15)19/h3-12,14H,13H2,1-2H3,(H,26,30). The van der Waals surface area contributed by atoms with Crippen LogP contribution >= 0.6 is 23.4 Å². The molecule has 1 aromatic heterocycles. The van der Waals surface area contributed by atoms with Crippen LogP contribution in [0.2, 0.25) is 5.02 Å². The van der Waals surface area contributed by atoms with Crippen LogP contribution in [0.25, 0.3) is 10.8 Å². The molecule has 0 aliphatic heterocycles. The predicted molar refractivity (Wildman–Crippen MR) is 125 cm³/mol. The summed E-state index contributed by atoms with van der Waals surface area (Å²) >= 11 is 7.31. The van der Waals surface area contributed by atoms with Crippen molar-refractivity contribution in [2.75, 3.05) is 11.1 Å². The van der Waals surface area contributed by atoms with Gasteiger partial charge in [0, 0.05) is 18.1 Å². The van der Waals surface area contributed by atoms with Crippen molar-refractivity contribution in [1.82, 2.24) is 14.8 Å². The fourth-order valence-electron chi connectivity index (χ4n) is 3.27. The molecule has 0 bridgehead atoms. The second-order valence-electron chi connectivity index (χ2n) is 7.10. The Hall–Kier alpha value is -3.10. The van der Waals surface area contributed by atoms with Gasteiger partial charge in [-0.3, -0.25) is 4.79 Å². The number of amides is 1. The number of benzene rings is 3. The van der Waals surface area contributed by atoms with Crippen LogP contribution in [-0.4, -0.2) is 26.4 Å². The molecule has 3 aromatic carbocycles. The third kappa shape index (κ3) is 4.87. The third-order valence-corrected chi connectivity index (χ3v) is 6.14. The number of nitrogens with zero attached hydrogens (tertiary/aromatic N) is 3. The topological polar surface area (TPSA) is 69.0 Å². The van der Waals surface area contributed by atoms with E-state index in [0.717, 1.165) is 16.5 Å². The van der Waals surface area contributed by atoms with E-state index in [1.54, 1.807) is 18.5 Å². The van der Waals surface area contributed by atoms with Crippen LogP contribution in [0.3, 0.4) is 0 Å². The van der Waals surface area contributed by atoms with Crippen LogP contribution in [0.1, 0.15) is 18.9 Å². The van der Waals surface area contributed by atoms with Crippen molar-refractivity contribution in [1.29, 1.82) is 0 Å². The van der Waals surface area contributed by atoms with Crippen LogP contribution in [0.4, 0.5) is 10.1 Å². The zero-order valence-electron chi connectivity index (χ0n) is 17.4. The number of ether oxygens (including phenoxy) is 1. The molecule has 4 aromatic rings. The van der Waals surface area contributed by atoms with Crippen LogP contribution in [0.15, 0.2) is 65.8 Å². The second kappa shape index (κ2) is 9.58. The maximum Gasteiger partial charge on any atom is 0.234 e. The zero-order chi connectivity index (χ0) is 22.7. The third-order valence-electron chi connectivity index (χ3n) is 4.83. The summed E-state index contributed by atoms with van der Waals surface area (Å²) in [5, 5.41) is 14.1. The van der Waals surface area contributed by atoms with Gasteiger partial charge < -0.3 is 14.6 Å². The molecule has 0 aliphatic rings. The molecule has 164 valence electrons. The number of rotatable bonds is 7. The Kier molecular flexibility index (Phi) is 6.62. The minimum Gasteiger partial charge on any atom is -0.481 e. The van der Waals surface area contributed by atoms with E-state index in [0.29, 0.717) is 16.7 Å². The van der Waals surface area contributed by atoms with E-state index in [-0.39, 0.29) is 16.7 Å². The molecule has 0 saturated carbocycles. The molecule has 0 fully saturated rings. The molecule has 0 saturated heterocycles. The Morgan fingerprint density at radius 2 is 1.97 bits per heavy atom. The zero-order valence-corrected chi connectivity index (χ0v) is 19.0. The first-order valence-corrected chi connectivity index (χ1v) is 11.2. The molecule has 0 spiro atoms. The van der Waals surface area contributed by atoms with Gasteiger partial charge in [-0.15, -0.1) is 10.2 Å². The summed E-state index contributed by atoms with van der Waals surface area (Å²) in [5.41, 5.74) is 0.769. The van der Waals surface area contributed by atoms with Gasteiger partial charge in [0.1, 0.15) is 11.6 Å². The van der Waals surface area contributed by atoms with Gasteiger partial charge in [-0.05, 0) is 36.6 Å². The number of carbonyl (C=O) groups excluding carboxylic acids is 1. The van der Waals surface area contributed by atoms with E-state index in [2.05, 4.69) is 15.5 Å². The van der Waals surface area contributed by atoms with Gasteiger partial charge in [0.05, 0.1) is 10.8 Å². The highest BCUT2D eigenvalue weighted by molar-refractivity contribution is 7.99. The summed E-state index contributed by atoms with van der Waals surface area (Å²) in [6.07, 6.45) is -0.477. The van der Waals surface area contributed by atoms with Gasteiger partial charge >= 0.3 is 0 Å². The molecule has 1 amide bonds. The molecule has 0 aliphatic carbocycles. The largest absolute Gasteiger partial charge is 0.481 e. The molecule has 1 atom stereocenters. The first-order valence-electron chi connectivity index (χ1n) is 9.84. The summed E-state index contributed by atoms with van der Waals surface area (Å²) in [7, 11) is 1.80. The van der Waals surface area contributed by atoms with Gasteiger partial charge in [-0.1, -0.05) is 59.8 Å². The van der Waals surface area contributed by atoms with E-state index in [1.165, 1.54) is 30.0 Å². The van der Waals surface area contributed by atoms with Crippen LogP contribution in [0.5, 0.6) is 5.75 Å². The lowest BCUT2D eigenvalue weighted by atomic mass is 10.1. The molecule has 4 rings (SSSR count). The number of anilines is 1. The quantitative estimate of drug-likeness (QED) is 0.354. The van der Waals surface area contributed by atoms with Crippen molar-refractivity contribution in [2.24, 2.45) is 7.05 Å². The fraction of sp³-hybridized carbons (Fsp3) is 0.174. The molecule has 1 heterocycles. The smallest absolute Gasteiger partial charge is 0.234 e. The maximum atomic E-state index is 13.2. The molecule has 1 unspecified atom stereocenters. The van der Waals surface area contributed by atoms with E-state index < -0.39 is 11.9 Å². The van der Waals surface area contributed by atoms with E-state index >= 15 is 0 Å². The van der Waals surface area contributed by atoms with Gasteiger partial charge in [-0.25, -0.2) is 4.39 Å². The lowest BCUT2D eigenvalue weighted by molar-refractivity contribution is -0.113. The molecule has 32 heavy (non-hydrogen) atoms. The second-order valence-corrected chi connectivity index (χ2v) is 8.45. The molecule has 0 radical (unpaired) electrons. The summed E-state index contributed by atoms with van der Waals surface area (Å²) < 4.78 is 20.8. The molecule has 1 N–H and O–H groups in total. The van der Waals surface area contributed by atoms with Crippen molar-refractivity contribution in [3.05, 3.63) is 77.3 Å². The van der Waals surface area contributed by atoms with Crippen LogP contribution in [-0.2, 0) is 11.8 Å². The highest BCUT2D eigenvalue weighted by Crippen LogP contribution is 2.30. The Morgan fingerprint density at radius 3 is 2.78 bits per heavy atom. The van der Waals surface area contributed by atoms with Gasteiger partial charge in [0.15, 0.2) is 17.1 Å². The monoisotopic (exact) mass is 470 g/mol. The van der Waals surface area contributed by atoms with E-state index in [4.69, 9.17) is 16.3 Å². The molecule has 9 heteroatoms. The Balaban J connectivity index is 1.39. The Labute approximate surface area is 193 Å². The normalized spacial score (nSPS) is 12.0. The molecular weight excluding hydrogens is 451 g/mol. The SMILES string of the molecule is CC(Oc1ccc(F)cc1Cl)c1nnc(SCC(=O)Nc2cccc3ccccc23)n1C. The fourth-order valence-corrected chi connectivity index (χ4v) is 4.20. The Bertz CT molecular complexity index is 1270. The molecule has 6 nitrogen and oxygen atoms in total. The van der Waals surface area contributed by atoms with Gasteiger partial charge in [0.25, 0.3) is 0 Å². The minimum absolute atomic E-state index is 0.140. The van der Waals surface area contributed by atoms with Crippen LogP contribution in [0, 0.1) is 5.82 Å². The minimum atomic E-state index is -0.477. The number of thioether (sulfide) groups is 1. The number of carbonyl (C=O) groups is 1. The summed E-state index contributed by atoms with van der Waals surface area (Å²) in [6, 6.07) is 17.6. The first-order chi connectivity index (χ1) is 15.4. The average Bonchev–Trinajstić information content (AvgIpc) is 3.15. The first kappa shape index (κ1) is 22.1. The number of hydrogen-bond acceptors (Lipinski definition) is 5. The number of hydrogen-bond donors (Lipinski definition) is 1.